The molecular formula is C19H28N2O4. The summed E-state index contributed by atoms with van der Waals surface area (Å²) in [6, 6.07) is 5.97. The molecule has 2 aliphatic heterocycles. The molecular weight excluding hydrogens is 320 g/mol. The number of hydrogen-bond donors (Lipinski definition) is 0. The van der Waals surface area contributed by atoms with Gasteiger partial charge in [0.2, 0.25) is 5.91 Å². The fraction of sp³-hybridized carbons (Fsp3) is 0.684. The summed E-state index contributed by atoms with van der Waals surface area (Å²) in [6.07, 6.45) is 2.00. The fourth-order valence-corrected chi connectivity index (χ4v) is 3.68. The number of nitrogens with zero attached hydrogens (tertiary/aromatic N) is 2. The Morgan fingerprint density at radius 2 is 2.24 bits per heavy atom. The predicted octanol–water partition coefficient (Wildman–Crippen LogP) is 1.95. The molecule has 0 N–H and O–H groups in total. The first-order valence-corrected chi connectivity index (χ1v) is 9.13. The Bertz CT molecular complexity index is 587. The SMILES string of the molecule is CCOCC(=O)N1CC2(C1)OCCC2CCOCc1cccc(C)n1. The van der Waals surface area contributed by atoms with Crippen LogP contribution in [0.2, 0.25) is 0 Å². The molecule has 1 aromatic heterocycles. The minimum atomic E-state index is -0.160. The van der Waals surface area contributed by atoms with Crippen LogP contribution >= 0.6 is 0 Å². The summed E-state index contributed by atoms with van der Waals surface area (Å²) < 4.78 is 17.0. The van der Waals surface area contributed by atoms with Gasteiger partial charge in [0.1, 0.15) is 12.2 Å². The second kappa shape index (κ2) is 8.25. The number of carbonyl (C=O) groups is 1. The molecule has 1 atom stereocenters. The van der Waals surface area contributed by atoms with E-state index in [1.165, 1.54) is 0 Å². The average Bonchev–Trinajstić information content (AvgIpc) is 2.99. The number of carbonyl (C=O) groups excluding carboxylic acids is 1. The van der Waals surface area contributed by atoms with Gasteiger partial charge >= 0.3 is 0 Å². The summed E-state index contributed by atoms with van der Waals surface area (Å²) in [7, 11) is 0. The molecule has 1 aromatic rings. The third-order valence-corrected chi connectivity index (χ3v) is 5.11. The van der Waals surface area contributed by atoms with Crippen molar-refractivity contribution < 1.29 is 19.0 Å². The maximum atomic E-state index is 12.0. The van der Waals surface area contributed by atoms with Crippen LogP contribution in [0.25, 0.3) is 0 Å². The van der Waals surface area contributed by atoms with Gasteiger partial charge in [0.25, 0.3) is 0 Å². The van der Waals surface area contributed by atoms with Crippen LogP contribution in [0.3, 0.4) is 0 Å². The van der Waals surface area contributed by atoms with Crippen molar-refractivity contribution in [2.45, 2.75) is 38.9 Å². The quantitative estimate of drug-likeness (QED) is 0.672. The molecule has 0 aliphatic carbocycles. The van der Waals surface area contributed by atoms with Crippen molar-refractivity contribution in [2.75, 3.05) is 39.5 Å². The van der Waals surface area contributed by atoms with Crippen molar-refractivity contribution in [3.05, 3.63) is 29.6 Å². The molecule has 2 fully saturated rings. The summed E-state index contributed by atoms with van der Waals surface area (Å²) in [4.78, 5) is 18.3. The normalized spacial score (nSPS) is 21.5. The molecule has 2 saturated heterocycles. The first-order valence-electron chi connectivity index (χ1n) is 9.13. The lowest BCUT2D eigenvalue weighted by atomic mass is 9.79. The lowest BCUT2D eigenvalue weighted by molar-refractivity contribution is -0.169. The lowest BCUT2D eigenvalue weighted by Gasteiger charge is -2.50. The monoisotopic (exact) mass is 348 g/mol. The summed E-state index contributed by atoms with van der Waals surface area (Å²) in [5, 5.41) is 0. The van der Waals surface area contributed by atoms with Gasteiger partial charge in [-0.05, 0) is 44.7 Å². The number of rotatable bonds is 8. The van der Waals surface area contributed by atoms with E-state index in [1.54, 1.807) is 0 Å². The molecule has 1 unspecified atom stereocenters. The van der Waals surface area contributed by atoms with Gasteiger partial charge in [-0.25, -0.2) is 0 Å². The zero-order valence-electron chi connectivity index (χ0n) is 15.2. The first kappa shape index (κ1) is 18.3. The van der Waals surface area contributed by atoms with Gasteiger partial charge in [-0.2, -0.15) is 0 Å². The molecule has 3 heterocycles. The van der Waals surface area contributed by atoms with Crippen molar-refractivity contribution in [1.29, 1.82) is 0 Å². The minimum Gasteiger partial charge on any atom is -0.375 e. The van der Waals surface area contributed by atoms with Crippen LogP contribution in [0, 0.1) is 12.8 Å². The Balaban J connectivity index is 1.40. The van der Waals surface area contributed by atoms with Gasteiger partial charge in [0, 0.05) is 25.5 Å². The van der Waals surface area contributed by atoms with Crippen LogP contribution in [-0.2, 0) is 25.6 Å². The smallest absolute Gasteiger partial charge is 0.248 e. The van der Waals surface area contributed by atoms with Crippen LogP contribution < -0.4 is 0 Å². The van der Waals surface area contributed by atoms with Crippen molar-refractivity contribution in [2.24, 2.45) is 5.92 Å². The Kier molecular flexibility index (Phi) is 6.04. The van der Waals surface area contributed by atoms with E-state index in [0.29, 0.717) is 38.8 Å². The average molecular weight is 348 g/mol. The molecule has 25 heavy (non-hydrogen) atoms. The Morgan fingerprint density at radius 3 is 3.00 bits per heavy atom. The third kappa shape index (κ3) is 4.37. The third-order valence-electron chi connectivity index (χ3n) is 5.11. The van der Waals surface area contributed by atoms with Crippen LogP contribution in [0.15, 0.2) is 18.2 Å². The molecule has 0 saturated carbocycles. The zero-order valence-corrected chi connectivity index (χ0v) is 15.2. The minimum absolute atomic E-state index is 0.0588. The Labute approximate surface area is 149 Å². The van der Waals surface area contributed by atoms with Gasteiger partial charge in [0.15, 0.2) is 0 Å². The van der Waals surface area contributed by atoms with E-state index in [4.69, 9.17) is 14.2 Å². The van der Waals surface area contributed by atoms with E-state index in [9.17, 15) is 4.79 Å². The van der Waals surface area contributed by atoms with Crippen LogP contribution in [-0.4, -0.2) is 60.9 Å². The maximum Gasteiger partial charge on any atom is 0.248 e. The highest BCUT2D eigenvalue weighted by Gasteiger charge is 2.53. The molecule has 138 valence electrons. The lowest BCUT2D eigenvalue weighted by Crippen LogP contribution is -2.66. The van der Waals surface area contributed by atoms with Crippen LogP contribution in [0.1, 0.15) is 31.2 Å². The van der Waals surface area contributed by atoms with Gasteiger partial charge in [-0.3, -0.25) is 9.78 Å². The second-order valence-corrected chi connectivity index (χ2v) is 6.90. The molecule has 2 aliphatic rings. The number of ether oxygens (including phenoxy) is 3. The van der Waals surface area contributed by atoms with Crippen molar-refractivity contribution >= 4 is 5.91 Å². The second-order valence-electron chi connectivity index (χ2n) is 6.90. The Morgan fingerprint density at radius 1 is 1.40 bits per heavy atom. The number of amides is 1. The Hall–Kier alpha value is -1.50. The molecule has 3 rings (SSSR count). The standard InChI is InChI=1S/C19H28N2O4/c1-3-23-12-18(22)21-13-19(14-21)16(8-10-25-19)7-9-24-11-17-6-4-5-15(2)20-17/h4-6,16H,3,7-14H2,1-2H3. The maximum absolute atomic E-state index is 12.0. The number of aromatic nitrogens is 1. The number of hydrogen-bond acceptors (Lipinski definition) is 5. The van der Waals surface area contributed by atoms with E-state index in [-0.39, 0.29) is 18.1 Å². The number of aryl methyl sites for hydroxylation is 1. The first-order chi connectivity index (χ1) is 12.1. The van der Waals surface area contributed by atoms with E-state index >= 15 is 0 Å². The van der Waals surface area contributed by atoms with E-state index < -0.39 is 0 Å². The van der Waals surface area contributed by atoms with Gasteiger partial charge in [-0.15, -0.1) is 0 Å². The molecule has 1 spiro atoms. The summed E-state index contributed by atoms with van der Waals surface area (Å²) in [5.41, 5.74) is 1.82. The van der Waals surface area contributed by atoms with E-state index in [1.807, 2.05) is 36.9 Å². The predicted molar refractivity (Wildman–Crippen MR) is 93.1 cm³/mol. The molecule has 1 amide bonds. The highest BCUT2D eigenvalue weighted by atomic mass is 16.5. The highest BCUT2D eigenvalue weighted by Crippen LogP contribution is 2.41. The summed E-state index contributed by atoms with van der Waals surface area (Å²) >= 11 is 0. The van der Waals surface area contributed by atoms with Crippen LogP contribution in [0.4, 0.5) is 0 Å². The van der Waals surface area contributed by atoms with E-state index in [2.05, 4.69) is 4.98 Å². The molecule has 0 aromatic carbocycles. The molecule has 6 heteroatoms. The van der Waals surface area contributed by atoms with E-state index in [0.717, 1.165) is 30.8 Å². The largest absolute Gasteiger partial charge is 0.375 e. The van der Waals surface area contributed by atoms with Crippen molar-refractivity contribution in [3.8, 4) is 0 Å². The van der Waals surface area contributed by atoms with Crippen molar-refractivity contribution in [1.82, 2.24) is 9.88 Å². The fourth-order valence-electron chi connectivity index (χ4n) is 3.68. The highest BCUT2D eigenvalue weighted by molar-refractivity contribution is 5.78. The molecule has 6 nitrogen and oxygen atoms in total. The molecule has 0 radical (unpaired) electrons. The van der Waals surface area contributed by atoms with Gasteiger partial charge < -0.3 is 19.1 Å². The van der Waals surface area contributed by atoms with Crippen molar-refractivity contribution in [3.63, 3.8) is 0 Å². The number of likely N-dealkylation sites (tertiary alicyclic amines) is 1. The number of pyridine rings is 1. The molecule has 0 bridgehead atoms. The topological polar surface area (TPSA) is 60.9 Å². The summed E-state index contributed by atoms with van der Waals surface area (Å²) in [5.74, 6) is 0.512. The zero-order chi connectivity index (χ0) is 17.7. The summed E-state index contributed by atoms with van der Waals surface area (Å²) in [6.45, 7) is 8.00. The van der Waals surface area contributed by atoms with Gasteiger partial charge in [0.05, 0.1) is 25.4 Å². The van der Waals surface area contributed by atoms with Crippen LogP contribution in [0.5, 0.6) is 0 Å². The van der Waals surface area contributed by atoms with Gasteiger partial charge in [-0.1, -0.05) is 6.07 Å².